The minimum Gasteiger partial charge on any atom is -0.351 e. The maximum absolute atomic E-state index is 12.2. The maximum Gasteiger partial charge on any atom is 0.291 e. The third-order valence-corrected chi connectivity index (χ3v) is 4.34. The van der Waals surface area contributed by atoms with Crippen molar-refractivity contribution in [2.24, 2.45) is 0 Å². The number of aromatic nitrogens is 5. The second kappa shape index (κ2) is 5.04. The van der Waals surface area contributed by atoms with Crippen LogP contribution in [0.25, 0.3) is 0 Å². The van der Waals surface area contributed by atoms with Crippen molar-refractivity contribution in [3.05, 3.63) is 30.0 Å². The largest absolute Gasteiger partial charge is 0.351 e. The molecule has 0 unspecified atom stereocenters. The van der Waals surface area contributed by atoms with Crippen molar-refractivity contribution in [2.75, 3.05) is 25.0 Å². The minimum absolute atomic E-state index is 0.141. The lowest BCUT2D eigenvalue weighted by Crippen LogP contribution is -2.60. The molecular weight excluding hydrogens is 282 g/mol. The molecule has 0 bridgehead atoms. The average Bonchev–Trinajstić information content (AvgIpc) is 3.20. The van der Waals surface area contributed by atoms with Crippen LogP contribution < -0.4 is 4.90 Å². The molecule has 1 saturated heterocycles. The van der Waals surface area contributed by atoms with Crippen molar-refractivity contribution in [3.8, 4) is 0 Å². The molecule has 2 aromatic rings. The number of hydrogen-bond acceptors (Lipinski definition) is 6. The van der Waals surface area contributed by atoms with Gasteiger partial charge in [-0.3, -0.25) is 9.89 Å². The van der Waals surface area contributed by atoms with Crippen LogP contribution in [-0.2, 0) is 0 Å². The zero-order chi connectivity index (χ0) is 15.1. The molecule has 0 radical (unpaired) electrons. The molecule has 3 heterocycles. The highest BCUT2D eigenvalue weighted by Gasteiger charge is 2.34. The second-order valence-corrected chi connectivity index (χ2v) is 5.90. The fourth-order valence-electron chi connectivity index (χ4n) is 2.63. The Morgan fingerprint density at radius 3 is 2.73 bits per heavy atom. The molecule has 2 aliphatic rings. The van der Waals surface area contributed by atoms with Crippen LogP contribution in [0.15, 0.2) is 18.5 Å². The lowest BCUT2D eigenvalue weighted by molar-refractivity contribution is 0.0693. The van der Waals surface area contributed by atoms with E-state index in [1.807, 2.05) is 6.07 Å². The number of nitrogens with zero attached hydrogens (tertiary/aromatic N) is 6. The van der Waals surface area contributed by atoms with Crippen molar-refractivity contribution in [2.45, 2.75) is 24.8 Å². The van der Waals surface area contributed by atoms with Gasteiger partial charge in [0.05, 0.1) is 11.7 Å². The molecular formula is C14H17N7O. The predicted molar refractivity (Wildman–Crippen MR) is 78.5 cm³/mol. The molecule has 8 heteroatoms. The van der Waals surface area contributed by atoms with Gasteiger partial charge in [0.25, 0.3) is 5.91 Å². The summed E-state index contributed by atoms with van der Waals surface area (Å²) < 4.78 is 0. The molecule has 114 valence electrons. The number of nitrogens with one attached hydrogen (secondary N) is 1. The highest BCUT2D eigenvalue weighted by Crippen LogP contribution is 2.38. The first-order valence-electron chi connectivity index (χ1n) is 7.43. The Labute approximate surface area is 127 Å². The van der Waals surface area contributed by atoms with Crippen LogP contribution >= 0.6 is 0 Å². The van der Waals surface area contributed by atoms with Gasteiger partial charge in [0.2, 0.25) is 5.82 Å². The lowest BCUT2D eigenvalue weighted by atomic mass is 10.1. The van der Waals surface area contributed by atoms with E-state index in [2.05, 4.69) is 36.3 Å². The van der Waals surface area contributed by atoms with E-state index in [4.69, 9.17) is 0 Å². The second-order valence-electron chi connectivity index (χ2n) is 5.90. The number of carbonyl (C=O) groups excluding carboxylic acids is 1. The Bertz CT molecular complexity index is 659. The van der Waals surface area contributed by atoms with Gasteiger partial charge >= 0.3 is 0 Å². The van der Waals surface area contributed by atoms with E-state index in [1.54, 1.807) is 11.9 Å². The molecule has 2 aromatic heterocycles. The van der Waals surface area contributed by atoms with Crippen molar-refractivity contribution in [1.82, 2.24) is 30.3 Å². The predicted octanol–water partition coefficient (Wildman–Crippen LogP) is 0.433. The van der Waals surface area contributed by atoms with Crippen LogP contribution in [0.2, 0.25) is 0 Å². The summed E-state index contributed by atoms with van der Waals surface area (Å²) >= 11 is 0. The summed E-state index contributed by atoms with van der Waals surface area (Å²) in [6.45, 7) is 1.52. The van der Waals surface area contributed by atoms with Crippen molar-refractivity contribution in [3.63, 3.8) is 0 Å². The van der Waals surface area contributed by atoms with E-state index >= 15 is 0 Å². The highest BCUT2D eigenvalue weighted by molar-refractivity contribution is 5.90. The van der Waals surface area contributed by atoms with E-state index in [0.29, 0.717) is 5.92 Å². The van der Waals surface area contributed by atoms with E-state index in [0.717, 1.165) is 24.6 Å². The number of likely N-dealkylation sites (N-methyl/N-ethyl adjacent to an activating group) is 1. The van der Waals surface area contributed by atoms with Gasteiger partial charge in [0.1, 0.15) is 6.33 Å². The molecule has 2 fully saturated rings. The zero-order valence-electron chi connectivity index (χ0n) is 12.3. The monoisotopic (exact) mass is 299 g/mol. The lowest BCUT2D eigenvalue weighted by Gasteiger charge is -2.44. The summed E-state index contributed by atoms with van der Waals surface area (Å²) in [7, 11) is 1.79. The summed E-state index contributed by atoms with van der Waals surface area (Å²) in [4.78, 5) is 19.9. The number of H-pyrrole nitrogens is 1. The summed E-state index contributed by atoms with van der Waals surface area (Å²) in [6, 6.07) is 4.24. The molecule has 1 aliphatic carbocycles. The molecule has 1 amide bonds. The van der Waals surface area contributed by atoms with E-state index in [-0.39, 0.29) is 17.8 Å². The molecule has 1 aliphatic heterocycles. The van der Waals surface area contributed by atoms with Crippen LogP contribution in [0.3, 0.4) is 0 Å². The molecule has 8 nitrogen and oxygen atoms in total. The van der Waals surface area contributed by atoms with Gasteiger partial charge in [-0.15, -0.1) is 5.10 Å². The number of anilines is 1. The number of amides is 1. The Morgan fingerprint density at radius 1 is 1.32 bits per heavy atom. The summed E-state index contributed by atoms with van der Waals surface area (Å²) in [5, 5.41) is 14.9. The number of carbonyl (C=O) groups is 1. The normalized spacial score (nSPS) is 18.1. The number of rotatable bonds is 4. The quantitative estimate of drug-likeness (QED) is 0.880. The van der Waals surface area contributed by atoms with Crippen LogP contribution in [0.1, 0.15) is 35.1 Å². The van der Waals surface area contributed by atoms with Crippen LogP contribution in [0, 0.1) is 0 Å². The van der Waals surface area contributed by atoms with Crippen molar-refractivity contribution < 1.29 is 4.79 Å². The molecule has 1 N–H and O–H groups in total. The van der Waals surface area contributed by atoms with Crippen LogP contribution in [0.4, 0.5) is 5.82 Å². The number of aromatic amines is 1. The third kappa shape index (κ3) is 2.30. The third-order valence-electron chi connectivity index (χ3n) is 4.34. The SMILES string of the molecule is CN(C(=O)c1ncn[nH]1)C1CN(c2ccc(C3CC3)nn2)C1. The smallest absolute Gasteiger partial charge is 0.291 e. The molecule has 0 atom stereocenters. The summed E-state index contributed by atoms with van der Waals surface area (Å²) in [6.07, 6.45) is 3.80. The first-order chi connectivity index (χ1) is 10.7. The van der Waals surface area contributed by atoms with E-state index in [1.165, 1.54) is 19.2 Å². The first-order valence-corrected chi connectivity index (χ1v) is 7.43. The Kier molecular flexibility index (Phi) is 3.02. The summed E-state index contributed by atoms with van der Waals surface area (Å²) in [5.74, 6) is 1.63. The van der Waals surface area contributed by atoms with E-state index < -0.39 is 0 Å². The van der Waals surface area contributed by atoms with Gasteiger partial charge in [0.15, 0.2) is 5.82 Å². The molecule has 0 spiro atoms. The van der Waals surface area contributed by atoms with Gasteiger partial charge < -0.3 is 9.80 Å². The van der Waals surface area contributed by atoms with Crippen molar-refractivity contribution in [1.29, 1.82) is 0 Å². The maximum atomic E-state index is 12.2. The number of hydrogen-bond donors (Lipinski definition) is 1. The minimum atomic E-state index is -0.141. The van der Waals surface area contributed by atoms with Crippen LogP contribution in [-0.4, -0.2) is 62.4 Å². The van der Waals surface area contributed by atoms with E-state index in [9.17, 15) is 4.79 Å². The molecule has 0 aromatic carbocycles. The summed E-state index contributed by atoms with van der Waals surface area (Å²) in [5.41, 5.74) is 1.10. The Morgan fingerprint density at radius 2 is 2.14 bits per heavy atom. The standard InChI is InChI=1S/C14H17N7O/c1-20(14(22)13-15-8-16-19-13)10-6-21(7-10)12-5-4-11(17-18-12)9-2-3-9/h4-5,8-10H,2-3,6-7H2,1H3,(H,15,16,19). The Balaban J connectivity index is 1.36. The van der Waals surface area contributed by atoms with Gasteiger partial charge in [-0.1, -0.05) is 0 Å². The average molecular weight is 299 g/mol. The van der Waals surface area contributed by atoms with Gasteiger partial charge in [-0.2, -0.15) is 10.2 Å². The molecule has 22 heavy (non-hydrogen) atoms. The highest BCUT2D eigenvalue weighted by atomic mass is 16.2. The topological polar surface area (TPSA) is 90.9 Å². The van der Waals surface area contributed by atoms with Gasteiger partial charge in [0, 0.05) is 26.1 Å². The van der Waals surface area contributed by atoms with Crippen LogP contribution in [0.5, 0.6) is 0 Å². The van der Waals surface area contributed by atoms with Gasteiger partial charge in [-0.25, -0.2) is 4.98 Å². The molecule has 1 saturated carbocycles. The first kappa shape index (κ1) is 13.2. The van der Waals surface area contributed by atoms with Gasteiger partial charge in [-0.05, 0) is 25.0 Å². The molecule has 4 rings (SSSR count). The zero-order valence-corrected chi connectivity index (χ0v) is 12.3. The van der Waals surface area contributed by atoms with Crippen molar-refractivity contribution >= 4 is 11.7 Å². The fraction of sp³-hybridized carbons (Fsp3) is 0.500. The Hall–Kier alpha value is -2.51. The fourth-order valence-corrected chi connectivity index (χ4v) is 2.63.